The van der Waals surface area contributed by atoms with Crippen LogP contribution in [0, 0.1) is 0 Å². The summed E-state index contributed by atoms with van der Waals surface area (Å²) in [7, 11) is 0. The maximum Gasteiger partial charge on any atom is 0.264 e. The number of aromatic nitrogens is 2. The molecule has 14 heavy (non-hydrogen) atoms. The van der Waals surface area contributed by atoms with E-state index in [9.17, 15) is 9.59 Å². The fraction of sp³-hybridized carbons (Fsp3) is 0.375. The minimum absolute atomic E-state index is 0.252. The number of carbonyl (C=O) groups is 1. The normalized spacial score (nSPS) is 12.1. The molecule has 0 aromatic carbocycles. The molecule has 1 heterocycles. The van der Waals surface area contributed by atoms with Crippen molar-refractivity contribution in [3.05, 3.63) is 28.2 Å². The highest BCUT2D eigenvalue weighted by Gasteiger charge is 2.06. The van der Waals surface area contributed by atoms with Crippen molar-refractivity contribution >= 4 is 5.91 Å². The van der Waals surface area contributed by atoms with Crippen molar-refractivity contribution in [2.24, 2.45) is 5.73 Å². The number of rotatable bonds is 3. The molecule has 6 nitrogen and oxygen atoms in total. The van der Waals surface area contributed by atoms with E-state index in [4.69, 9.17) is 5.73 Å². The Morgan fingerprint density at radius 2 is 2.43 bits per heavy atom. The molecular formula is C8H12N4O2. The Labute approximate surface area is 80.5 Å². The van der Waals surface area contributed by atoms with Gasteiger partial charge in [-0.3, -0.25) is 9.59 Å². The molecular weight excluding hydrogens is 184 g/mol. The fourth-order valence-corrected chi connectivity index (χ4v) is 0.810. The third-order valence-electron chi connectivity index (χ3n) is 1.59. The molecule has 0 spiro atoms. The summed E-state index contributed by atoms with van der Waals surface area (Å²) in [5, 5.41) is 8.55. The molecule has 6 heteroatoms. The van der Waals surface area contributed by atoms with Crippen LogP contribution >= 0.6 is 0 Å². The van der Waals surface area contributed by atoms with Crippen molar-refractivity contribution in [2.45, 2.75) is 19.5 Å². The molecule has 1 amide bonds. The third-order valence-corrected chi connectivity index (χ3v) is 1.59. The smallest absolute Gasteiger partial charge is 0.264 e. The lowest BCUT2D eigenvalue weighted by molar-refractivity contribution is -0.122. The summed E-state index contributed by atoms with van der Waals surface area (Å²) in [4.78, 5) is 21.7. The maximum atomic E-state index is 11.0. The van der Waals surface area contributed by atoms with Gasteiger partial charge >= 0.3 is 0 Å². The second-order valence-corrected chi connectivity index (χ2v) is 2.92. The summed E-state index contributed by atoms with van der Waals surface area (Å²) in [5.74, 6) is -0.252. The highest BCUT2D eigenvalue weighted by atomic mass is 16.2. The number of hydrogen-bond donors (Lipinski definition) is 3. The molecule has 4 N–H and O–H groups in total. The van der Waals surface area contributed by atoms with Crippen LogP contribution in [-0.4, -0.2) is 22.1 Å². The molecule has 0 saturated heterocycles. The summed E-state index contributed by atoms with van der Waals surface area (Å²) in [5.41, 5.74) is 5.64. The number of H-pyrrole nitrogens is 1. The van der Waals surface area contributed by atoms with Crippen LogP contribution in [0.25, 0.3) is 0 Å². The molecule has 1 aromatic heterocycles. The number of amides is 1. The van der Waals surface area contributed by atoms with Gasteiger partial charge in [-0.15, -0.1) is 0 Å². The van der Waals surface area contributed by atoms with Gasteiger partial charge in [-0.05, 0) is 13.0 Å². The number of nitrogens with one attached hydrogen (secondary N) is 2. The molecule has 0 radical (unpaired) electrons. The van der Waals surface area contributed by atoms with Gasteiger partial charge in [0.2, 0.25) is 5.91 Å². The van der Waals surface area contributed by atoms with Gasteiger partial charge in [0.05, 0.1) is 18.3 Å². The van der Waals surface area contributed by atoms with Crippen molar-refractivity contribution in [3.8, 4) is 0 Å². The molecule has 0 aliphatic heterocycles. The second-order valence-electron chi connectivity index (χ2n) is 2.92. The first-order valence-corrected chi connectivity index (χ1v) is 4.17. The van der Waals surface area contributed by atoms with E-state index >= 15 is 0 Å². The van der Waals surface area contributed by atoms with Crippen LogP contribution in [0.5, 0.6) is 0 Å². The minimum atomic E-state index is -0.544. The largest absolute Gasteiger partial charge is 0.349 e. The summed E-state index contributed by atoms with van der Waals surface area (Å²) in [6.45, 7) is 1.85. The van der Waals surface area contributed by atoms with Crippen LogP contribution in [0.3, 0.4) is 0 Å². The van der Waals surface area contributed by atoms with Crippen LogP contribution < -0.4 is 16.6 Å². The topological polar surface area (TPSA) is 101 Å². The molecule has 0 aliphatic carbocycles. The average Bonchev–Trinajstić information content (AvgIpc) is 2.16. The Morgan fingerprint density at radius 3 is 2.93 bits per heavy atom. The Hall–Kier alpha value is -1.69. The van der Waals surface area contributed by atoms with Crippen molar-refractivity contribution in [3.63, 3.8) is 0 Å². The van der Waals surface area contributed by atoms with Crippen molar-refractivity contribution < 1.29 is 4.79 Å². The van der Waals surface area contributed by atoms with E-state index in [1.54, 1.807) is 13.0 Å². The van der Waals surface area contributed by atoms with E-state index in [0.717, 1.165) is 0 Å². The monoisotopic (exact) mass is 196 g/mol. The number of nitrogens with two attached hydrogens (primary N) is 1. The summed E-state index contributed by atoms with van der Waals surface area (Å²) in [6, 6.07) is 2.35. The van der Waals surface area contributed by atoms with Gasteiger partial charge in [0.1, 0.15) is 0 Å². The standard InChI is InChI=1S/C8H12N4O2/c1-5(9)8(14)10-4-6-2-3-7(13)12-11-6/h2-3,5H,4,9H2,1H3,(H,10,14)(H,12,13). The summed E-state index contributed by atoms with van der Waals surface area (Å²) < 4.78 is 0. The van der Waals surface area contributed by atoms with Crippen LogP contribution in [0.1, 0.15) is 12.6 Å². The summed E-state index contributed by atoms with van der Waals surface area (Å²) >= 11 is 0. The number of nitrogens with zero attached hydrogens (tertiary/aromatic N) is 1. The van der Waals surface area contributed by atoms with Crippen molar-refractivity contribution in [2.75, 3.05) is 0 Å². The molecule has 0 aliphatic rings. The van der Waals surface area contributed by atoms with E-state index in [-0.39, 0.29) is 18.0 Å². The van der Waals surface area contributed by atoms with Crippen LogP contribution in [0.15, 0.2) is 16.9 Å². The highest BCUT2D eigenvalue weighted by molar-refractivity contribution is 5.80. The predicted octanol–water partition coefficient (Wildman–Crippen LogP) is -1.27. The molecule has 0 bridgehead atoms. The fourth-order valence-electron chi connectivity index (χ4n) is 0.810. The van der Waals surface area contributed by atoms with Gasteiger partial charge in [-0.1, -0.05) is 0 Å². The zero-order valence-corrected chi connectivity index (χ0v) is 7.78. The van der Waals surface area contributed by atoms with Crippen LogP contribution in [-0.2, 0) is 11.3 Å². The lowest BCUT2D eigenvalue weighted by Crippen LogP contribution is -2.38. The van der Waals surface area contributed by atoms with Gasteiger partial charge in [0, 0.05) is 6.07 Å². The third kappa shape index (κ3) is 2.98. The quantitative estimate of drug-likeness (QED) is 0.561. The van der Waals surface area contributed by atoms with E-state index in [2.05, 4.69) is 15.5 Å². The number of aromatic amines is 1. The summed E-state index contributed by atoms with van der Waals surface area (Å²) in [6.07, 6.45) is 0. The molecule has 1 aromatic rings. The number of hydrogen-bond acceptors (Lipinski definition) is 4. The Bertz CT molecular complexity index is 351. The van der Waals surface area contributed by atoms with Gasteiger partial charge in [-0.2, -0.15) is 5.10 Å². The molecule has 1 unspecified atom stereocenters. The first kappa shape index (κ1) is 10.4. The van der Waals surface area contributed by atoms with Gasteiger partial charge in [0.25, 0.3) is 5.56 Å². The SMILES string of the molecule is CC(N)C(=O)NCc1ccc(=O)[nH]n1. The van der Waals surface area contributed by atoms with E-state index in [1.165, 1.54) is 6.07 Å². The van der Waals surface area contributed by atoms with Gasteiger partial charge in [0.15, 0.2) is 0 Å². The zero-order chi connectivity index (χ0) is 10.6. The molecule has 76 valence electrons. The Morgan fingerprint density at radius 1 is 1.71 bits per heavy atom. The Balaban J connectivity index is 2.50. The second kappa shape index (κ2) is 4.52. The zero-order valence-electron chi connectivity index (χ0n) is 7.78. The van der Waals surface area contributed by atoms with Gasteiger partial charge < -0.3 is 11.1 Å². The first-order valence-electron chi connectivity index (χ1n) is 4.17. The number of carbonyl (C=O) groups excluding carboxylic acids is 1. The lowest BCUT2D eigenvalue weighted by Gasteiger charge is -2.06. The van der Waals surface area contributed by atoms with Crippen LogP contribution in [0.2, 0.25) is 0 Å². The predicted molar refractivity (Wildman–Crippen MR) is 50.4 cm³/mol. The molecule has 0 saturated carbocycles. The van der Waals surface area contributed by atoms with Crippen molar-refractivity contribution in [1.82, 2.24) is 15.5 Å². The van der Waals surface area contributed by atoms with E-state index in [1.807, 2.05) is 0 Å². The van der Waals surface area contributed by atoms with Crippen molar-refractivity contribution in [1.29, 1.82) is 0 Å². The first-order chi connectivity index (χ1) is 6.59. The van der Waals surface area contributed by atoms with Crippen LogP contribution in [0.4, 0.5) is 0 Å². The van der Waals surface area contributed by atoms with Gasteiger partial charge in [-0.25, -0.2) is 5.10 Å². The lowest BCUT2D eigenvalue weighted by atomic mass is 10.3. The average molecular weight is 196 g/mol. The molecule has 1 atom stereocenters. The minimum Gasteiger partial charge on any atom is -0.349 e. The van der Waals surface area contributed by atoms with E-state index in [0.29, 0.717) is 5.69 Å². The van der Waals surface area contributed by atoms with E-state index < -0.39 is 6.04 Å². The Kier molecular flexibility index (Phi) is 3.35. The highest BCUT2D eigenvalue weighted by Crippen LogP contribution is 1.87. The molecule has 0 fully saturated rings. The molecule has 1 rings (SSSR count). The maximum absolute atomic E-state index is 11.0.